The Morgan fingerprint density at radius 2 is 1.86 bits per heavy atom. The van der Waals surface area contributed by atoms with Crippen molar-refractivity contribution in [3.05, 3.63) is 70.3 Å². The van der Waals surface area contributed by atoms with Crippen LogP contribution in [-0.4, -0.2) is 42.5 Å². The van der Waals surface area contributed by atoms with Crippen molar-refractivity contribution in [2.45, 2.75) is 84.5 Å². The Hall–Kier alpha value is -2.21. The number of nitrogens with one attached hydrogen (secondary N) is 1. The van der Waals surface area contributed by atoms with Crippen LogP contribution in [-0.2, 0) is 33.5 Å². The fraction of sp³-hybridized carbons (Fsp3) is 0.567. The maximum Gasteiger partial charge on any atom is 0.306 e. The normalized spacial score (nSPS) is 15.6. The van der Waals surface area contributed by atoms with E-state index in [1.54, 1.807) is 0 Å². The minimum Gasteiger partial charge on any atom is -0.466 e. The molecule has 2 N–H and O–H groups in total. The molecule has 1 aliphatic carbocycles. The minimum absolute atomic E-state index is 0.0590. The molecule has 0 heterocycles. The van der Waals surface area contributed by atoms with Gasteiger partial charge in [-0.05, 0) is 88.5 Å². The van der Waals surface area contributed by atoms with Gasteiger partial charge in [-0.15, -0.1) is 0 Å². The highest BCUT2D eigenvalue weighted by molar-refractivity contribution is 5.69. The molecule has 0 saturated heterocycles. The number of esters is 1. The zero-order valence-electron chi connectivity index (χ0n) is 22.1. The first-order valence-corrected chi connectivity index (χ1v) is 13.0. The zero-order chi connectivity index (χ0) is 25.4. The molecule has 0 radical (unpaired) electrons. The number of benzene rings is 2. The number of ether oxygens (including phenoxy) is 2. The van der Waals surface area contributed by atoms with Gasteiger partial charge in [-0.2, -0.15) is 0 Å². The van der Waals surface area contributed by atoms with Crippen LogP contribution >= 0.6 is 0 Å². The van der Waals surface area contributed by atoms with Crippen molar-refractivity contribution in [3.8, 4) is 0 Å². The second-order valence-corrected chi connectivity index (χ2v) is 10.6. The number of hydrogen-bond donors (Lipinski definition) is 2. The van der Waals surface area contributed by atoms with E-state index in [1.165, 1.54) is 11.1 Å². The van der Waals surface area contributed by atoms with Crippen LogP contribution in [0.5, 0.6) is 0 Å². The van der Waals surface area contributed by atoms with Gasteiger partial charge in [-0.1, -0.05) is 48.0 Å². The molecule has 0 bridgehead atoms. The average molecular weight is 482 g/mol. The third-order valence-corrected chi connectivity index (χ3v) is 6.93. The molecule has 2 aromatic carbocycles. The number of carbonyl (C=O) groups is 1. The van der Waals surface area contributed by atoms with E-state index in [9.17, 15) is 9.90 Å². The van der Waals surface area contributed by atoms with Crippen LogP contribution in [0.15, 0.2) is 42.5 Å². The molecule has 0 unspecified atom stereocenters. The van der Waals surface area contributed by atoms with Gasteiger partial charge in [0.1, 0.15) is 0 Å². The summed E-state index contributed by atoms with van der Waals surface area (Å²) in [5.74, 6) is 0.456. The average Bonchev–Trinajstić information content (AvgIpc) is 3.21. The highest BCUT2D eigenvalue weighted by Gasteiger charge is 2.28. The molecular weight excluding hydrogens is 438 g/mol. The van der Waals surface area contributed by atoms with Crippen LogP contribution in [0.2, 0.25) is 0 Å². The number of aliphatic hydroxyl groups excluding tert-OH is 1. The van der Waals surface area contributed by atoms with Gasteiger partial charge in [0.05, 0.1) is 25.4 Å². The third-order valence-electron chi connectivity index (χ3n) is 6.93. The van der Waals surface area contributed by atoms with Crippen molar-refractivity contribution in [2.24, 2.45) is 5.92 Å². The fourth-order valence-corrected chi connectivity index (χ4v) is 5.20. The first-order valence-electron chi connectivity index (χ1n) is 13.0. The largest absolute Gasteiger partial charge is 0.466 e. The summed E-state index contributed by atoms with van der Waals surface area (Å²) in [6, 6.07) is 15.0. The summed E-state index contributed by atoms with van der Waals surface area (Å²) in [6.45, 7) is 11.4. The molecule has 3 rings (SSSR count). The molecule has 1 aliphatic rings. The van der Waals surface area contributed by atoms with E-state index < -0.39 is 6.10 Å². The molecule has 0 spiro atoms. The SMILES string of the molecule is CCOC(=O)CCc1cc(C)ccc1[C@@H](C)OC[C@H](O)CNC(C)(C)CC1Cc2ccccc2C1. The van der Waals surface area contributed by atoms with Crippen molar-refractivity contribution in [1.82, 2.24) is 5.32 Å². The predicted molar refractivity (Wildman–Crippen MR) is 141 cm³/mol. The molecule has 0 aliphatic heterocycles. The van der Waals surface area contributed by atoms with Crippen molar-refractivity contribution in [3.63, 3.8) is 0 Å². The Balaban J connectivity index is 1.45. The molecule has 0 saturated carbocycles. The van der Waals surface area contributed by atoms with Crippen molar-refractivity contribution >= 4 is 5.97 Å². The van der Waals surface area contributed by atoms with Gasteiger partial charge >= 0.3 is 5.97 Å². The minimum atomic E-state index is -0.592. The Bertz CT molecular complexity index is 946. The maximum absolute atomic E-state index is 11.8. The Morgan fingerprint density at radius 1 is 1.17 bits per heavy atom. The lowest BCUT2D eigenvalue weighted by Crippen LogP contribution is -2.45. The number of rotatable bonds is 13. The number of hydrogen-bond acceptors (Lipinski definition) is 5. The van der Waals surface area contributed by atoms with E-state index in [0.29, 0.717) is 31.9 Å². The highest BCUT2D eigenvalue weighted by Crippen LogP contribution is 2.32. The summed E-state index contributed by atoms with van der Waals surface area (Å²) < 4.78 is 11.1. The molecule has 0 fully saturated rings. The van der Waals surface area contributed by atoms with E-state index >= 15 is 0 Å². The van der Waals surface area contributed by atoms with E-state index in [2.05, 4.69) is 61.6 Å². The van der Waals surface area contributed by atoms with Crippen molar-refractivity contribution in [2.75, 3.05) is 19.8 Å². The quantitative estimate of drug-likeness (QED) is 0.390. The maximum atomic E-state index is 11.8. The van der Waals surface area contributed by atoms with Crippen molar-refractivity contribution in [1.29, 1.82) is 0 Å². The summed E-state index contributed by atoms with van der Waals surface area (Å²) in [5, 5.41) is 14.2. The second kappa shape index (κ2) is 12.7. The molecule has 2 aromatic rings. The van der Waals surface area contributed by atoms with E-state index in [1.807, 2.05) is 20.8 Å². The number of fused-ring (bicyclic) bond motifs is 1. The topological polar surface area (TPSA) is 67.8 Å². The summed E-state index contributed by atoms with van der Waals surface area (Å²) in [5.41, 5.74) is 6.20. The lowest BCUT2D eigenvalue weighted by atomic mass is 9.88. The number of β-amino-alcohol motifs (C(OH)–C–C–N with tert-alkyl or cyclic N) is 1. The van der Waals surface area contributed by atoms with E-state index in [-0.39, 0.29) is 24.2 Å². The number of aryl methyl sites for hydroxylation is 2. The highest BCUT2D eigenvalue weighted by atomic mass is 16.5. The van der Waals surface area contributed by atoms with E-state index in [4.69, 9.17) is 9.47 Å². The number of aliphatic hydroxyl groups is 1. The lowest BCUT2D eigenvalue weighted by molar-refractivity contribution is -0.143. The van der Waals surface area contributed by atoms with Crippen LogP contribution in [0.3, 0.4) is 0 Å². The molecule has 0 aromatic heterocycles. The summed E-state index contributed by atoms with van der Waals surface area (Å²) >= 11 is 0. The van der Waals surface area contributed by atoms with Crippen LogP contribution in [0.25, 0.3) is 0 Å². The smallest absolute Gasteiger partial charge is 0.306 e. The molecule has 192 valence electrons. The van der Waals surface area contributed by atoms with Gasteiger partial charge in [-0.25, -0.2) is 0 Å². The second-order valence-electron chi connectivity index (χ2n) is 10.6. The molecule has 0 amide bonds. The van der Waals surface area contributed by atoms with Gasteiger partial charge in [0.2, 0.25) is 0 Å². The Morgan fingerprint density at radius 3 is 2.51 bits per heavy atom. The predicted octanol–water partition coefficient (Wildman–Crippen LogP) is 5.10. The van der Waals surface area contributed by atoms with Crippen LogP contribution in [0.4, 0.5) is 0 Å². The van der Waals surface area contributed by atoms with Gasteiger partial charge in [0.25, 0.3) is 0 Å². The first-order chi connectivity index (χ1) is 16.7. The zero-order valence-corrected chi connectivity index (χ0v) is 22.1. The van der Waals surface area contributed by atoms with Gasteiger partial charge in [0, 0.05) is 18.5 Å². The molecule has 5 heteroatoms. The summed E-state index contributed by atoms with van der Waals surface area (Å²) in [6.07, 6.45) is 3.55. The van der Waals surface area contributed by atoms with Gasteiger partial charge in [0.15, 0.2) is 0 Å². The van der Waals surface area contributed by atoms with Gasteiger partial charge < -0.3 is 19.9 Å². The number of carbonyl (C=O) groups excluding carboxylic acids is 1. The summed E-state index contributed by atoms with van der Waals surface area (Å²) in [7, 11) is 0. The summed E-state index contributed by atoms with van der Waals surface area (Å²) in [4.78, 5) is 11.8. The molecular formula is C30H43NO4. The van der Waals surface area contributed by atoms with Crippen LogP contribution < -0.4 is 5.32 Å². The monoisotopic (exact) mass is 481 g/mol. The lowest BCUT2D eigenvalue weighted by Gasteiger charge is -2.31. The third kappa shape index (κ3) is 8.45. The molecule has 2 atom stereocenters. The van der Waals surface area contributed by atoms with E-state index in [0.717, 1.165) is 36.0 Å². The Kier molecular flexibility index (Phi) is 9.90. The fourth-order valence-electron chi connectivity index (χ4n) is 5.20. The first kappa shape index (κ1) is 27.4. The Labute approximate surface area is 211 Å². The standard InChI is InChI=1S/C30H43NO4/c1-6-34-29(33)14-12-26-15-21(2)11-13-28(26)22(3)35-20-27(32)19-31-30(4,5)18-23-16-24-9-7-8-10-25(24)17-23/h7-11,13,15,22-23,27,31-32H,6,12,14,16-20H2,1-5H3/t22-,27-/m1/s1. The van der Waals surface area contributed by atoms with Crippen molar-refractivity contribution < 1.29 is 19.4 Å². The van der Waals surface area contributed by atoms with Gasteiger partial charge in [-0.3, -0.25) is 4.79 Å². The molecule has 35 heavy (non-hydrogen) atoms. The van der Waals surface area contributed by atoms with Crippen LogP contribution in [0, 0.1) is 12.8 Å². The molecule has 5 nitrogen and oxygen atoms in total. The van der Waals surface area contributed by atoms with Crippen LogP contribution in [0.1, 0.15) is 74.5 Å².